The second-order valence-corrected chi connectivity index (χ2v) is 7.16. The predicted octanol–water partition coefficient (Wildman–Crippen LogP) is 2.01. The normalized spacial score (nSPS) is 18.8. The SMILES string of the molecule is Cn1c(=O)[nH]c(N)c(NC(=O)C[C@@]2(Cl)C=CC(c3ccccc3)=CC2)c1=O. The van der Waals surface area contributed by atoms with Crippen LogP contribution in [-0.4, -0.2) is 20.3 Å². The number of nitrogen functional groups attached to an aromatic ring is 1. The highest BCUT2D eigenvalue weighted by Crippen LogP contribution is 2.34. The van der Waals surface area contributed by atoms with Crippen molar-refractivity contribution in [3.05, 3.63) is 75.0 Å². The summed E-state index contributed by atoms with van der Waals surface area (Å²) < 4.78 is 0.831. The summed E-state index contributed by atoms with van der Waals surface area (Å²) in [5, 5.41) is 2.46. The summed E-state index contributed by atoms with van der Waals surface area (Å²) in [5.41, 5.74) is 6.25. The van der Waals surface area contributed by atoms with Gasteiger partial charge in [0.2, 0.25) is 5.91 Å². The summed E-state index contributed by atoms with van der Waals surface area (Å²) in [6, 6.07) is 9.85. The molecule has 0 spiro atoms. The lowest BCUT2D eigenvalue weighted by Crippen LogP contribution is -2.37. The van der Waals surface area contributed by atoms with Gasteiger partial charge >= 0.3 is 5.69 Å². The molecule has 0 unspecified atom stereocenters. The van der Waals surface area contributed by atoms with E-state index in [2.05, 4.69) is 10.3 Å². The summed E-state index contributed by atoms with van der Waals surface area (Å²) in [7, 11) is 1.29. The number of hydrogen-bond acceptors (Lipinski definition) is 4. The average Bonchev–Trinajstić information content (AvgIpc) is 2.64. The van der Waals surface area contributed by atoms with Crippen LogP contribution in [0.5, 0.6) is 0 Å². The van der Waals surface area contributed by atoms with E-state index in [0.29, 0.717) is 6.42 Å². The molecule has 4 N–H and O–H groups in total. The van der Waals surface area contributed by atoms with Gasteiger partial charge in [-0.15, -0.1) is 11.6 Å². The van der Waals surface area contributed by atoms with E-state index in [9.17, 15) is 14.4 Å². The molecule has 0 aliphatic heterocycles. The van der Waals surface area contributed by atoms with Gasteiger partial charge in [-0.1, -0.05) is 48.6 Å². The van der Waals surface area contributed by atoms with Crippen LogP contribution in [0.25, 0.3) is 5.57 Å². The highest BCUT2D eigenvalue weighted by atomic mass is 35.5. The van der Waals surface area contributed by atoms with Crippen molar-refractivity contribution in [3.63, 3.8) is 0 Å². The number of hydrogen-bond donors (Lipinski definition) is 3. The second-order valence-electron chi connectivity index (χ2n) is 6.41. The summed E-state index contributed by atoms with van der Waals surface area (Å²) in [6.45, 7) is 0. The molecule has 0 saturated heterocycles. The van der Waals surface area contributed by atoms with Gasteiger partial charge in [-0.3, -0.25) is 19.1 Å². The first kappa shape index (κ1) is 18.7. The highest BCUT2D eigenvalue weighted by molar-refractivity contribution is 6.27. The Morgan fingerprint density at radius 3 is 2.67 bits per heavy atom. The van der Waals surface area contributed by atoms with E-state index in [-0.39, 0.29) is 17.9 Å². The fourth-order valence-electron chi connectivity index (χ4n) is 2.84. The second kappa shape index (κ2) is 7.28. The molecule has 1 aromatic heterocycles. The standard InChI is InChI=1S/C19H19ClN4O3/c1-24-17(26)15(16(21)23-18(24)27)22-14(25)11-19(20)9-7-13(8-10-19)12-5-3-2-4-6-12/h2-9H,10-11,21H2,1H3,(H,22,25)(H,23,27)/t19-/m1/s1. The Balaban J connectivity index is 1.72. The summed E-state index contributed by atoms with van der Waals surface area (Å²) in [4.78, 5) is 37.4. The maximum atomic E-state index is 12.4. The van der Waals surface area contributed by atoms with Crippen molar-refractivity contribution in [2.24, 2.45) is 7.05 Å². The van der Waals surface area contributed by atoms with Crippen LogP contribution >= 0.6 is 11.6 Å². The van der Waals surface area contributed by atoms with E-state index in [1.807, 2.05) is 42.5 Å². The fraction of sp³-hybridized carbons (Fsp3) is 0.211. The lowest BCUT2D eigenvalue weighted by molar-refractivity contribution is -0.116. The van der Waals surface area contributed by atoms with Crippen LogP contribution in [0.2, 0.25) is 0 Å². The van der Waals surface area contributed by atoms with Gasteiger partial charge in [-0.05, 0) is 17.6 Å². The quantitative estimate of drug-likeness (QED) is 0.698. The number of rotatable bonds is 4. The Labute approximate surface area is 160 Å². The van der Waals surface area contributed by atoms with Crippen LogP contribution < -0.4 is 22.3 Å². The van der Waals surface area contributed by atoms with Crippen molar-refractivity contribution in [2.45, 2.75) is 17.7 Å². The topological polar surface area (TPSA) is 110 Å². The highest BCUT2D eigenvalue weighted by Gasteiger charge is 2.29. The molecule has 1 aliphatic rings. The first-order valence-electron chi connectivity index (χ1n) is 8.31. The first-order valence-corrected chi connectivity index (χ1v) is 8.69. The molecule has 140 valence electrons. The zero-order chi connectivity index (χ0) is 19.6. The lowest BCUT2D eigenvalue weighted by Gasteiger charge is -2.25. The Hall–Kier alpha value is -3.06. The first-order chi connectivity index (χ1) is 12.8. The van der Waals surface area contributed by atoms with Crippen LogP contribution in [-0.2, 0) is 11.8 Å². The molecule has 2 aromatic rings. The molecule has 3 rings (SSSR count). The van der Waals surface area contributed by atoms with Crippen LogP contribution in [0.4, 0.5) is 11.5 Å². The smallest absolute Gasteiger partial charge is 0.329 e. The van der Waals surface area contributed by atoms with Crippen molar-refractivity contribution in [2.75, 3.05) is 11.1 Å². The molecule has 1 aromatic carbocycles. The van der Waals surface area contributed by atoms with Crippen molar-refractivity contribution < 1.29 is 4.79 Å². The molecule has 1 heterocycles. The zero-order valence-electron chi connectivity index (χ0n) is 14.7. The number of aromatic nitrogens is 2. The molecule has 1 atom stereocenters. The molecule has 0 fully saturated rings. The van der Waals surface area contributed by atoms with E-state index in [1.165, 1.54) is 7.05 Å². The monoisotopic (exact) mass is 386 g/mol. The number of allylic oxidation sites excluding steroid dienone is 4. The third-order valence-electron chi connectivity index (χ3n) is 4.38. The minimum atomic E-state index is -0.898. The van der Waals surface area contributed by atoms with E-state index >= 15 is 0 Å². The van der Waals surface area contributed by atoms with Crippen molar-refractivity contribution >= 4 is 34.6 Å². The molecule has 0 radical (unpaired) electrons. The molecule has 7 nitrogen and oxygen atoms in total. The van der Waals surface area contributed by atoms with Crippen LogP contribution in [0.15, 0.2) is 58.1 Å². The number of halogens is 1. The average molecular weight is 387 g/mol. The molecule has 1 amide bonds. The molecule has 27 heavy (non-hydrogen) atoms. The molecule has 0 saturated carbocycles. The van der Waals surface area contributed by atoms with Crippen LogP contribution in [0, 0.1) is 0 Å². The van der Waals surface area contributed by atoms with Crippen molar-refractivity contribution in [1.29, 1.82) is 0 Å². The number of nitrogens with two attached hydrogens (primary N) is 1. The van der Waals surface area contributed by atoms with Gasteiger partial charge in [0.1, 0.15) is 11.5 Å². The Bertz CT molecular complexity index is 1050. The van der Waals surface area contributed by atoms with Gasteiger partial charge in [0.15, 0.2) is 0 Å². The van der Waals surface area contributed by atoms with Gasteiger partial charge in [0.25, 0.3) is 5.56 Å². The van der Waals surface area contributed by atoms with Gasteiger partial charge in [0, 0.05) is 13.5 Å². The summed E-state index contributed by atoms with van der Waals surface area (Å²) in [6.07, 6.45) is 6.05. The third kappa shape index (κ3) is 4.03. The molecular formula is C19H19ClN4O3. The number of carbonyl (C=O) groups is 1. The number of nitrogens with one attached hydrogen (secondary N) is 2. The Morgan fingerprint density at radius 2 is 2.04 bits per heavy atom. The van der Waals surface area contributed by atoms with Gasteiger partial charge in [-0.2, -0.15) is 0 Å². The van der Waals surface area contributed by atoms with Crippen LogP contribution in [0.1, 0.15) is 18.4 Å². The summed E-state index contributed by atoms with van der Waals surface area (Å²) >= 11 is 6.56. The van der Waals surface area contributed by atoms with E-state index in [0.717, 1.165) is 15.7 Å². The minimum absolute atomic E-state index is 0.0503. The number of carbonyl (C=O) groups excluding carboxylic acids is 1. The van der Waals surface area contributed by atoms with Crippen molar-refractivity contribution in [1.82, 2.24) is 9.55 Å². The summed E-state index contributed by atoms with van der Waals surface area (Å²) in [5.74, 6) is -0.660. The van der Waals surface area contributed by atoms with E-state index in [4.69, 9.17) is 17.3 Å². The maximum absolute atomic E-state index is 12.4. The van der Waals surface area contributed by atoms with Gasteiger partial charge in [0.05, 0.1) is 4.87 Å². The van der Waals surface area contributed by atoms with Gasteiger partial charge in [-0.25, -0.2) is 4.79 Å². The largest absolute Gasteiger partial charge is 0.383 e. The zero-order valence-corrected chi connectivity index (χ0v) is 15.4. The Kier molecular flexibility index (Phi) is 5.05. The minimum Gasteiger partial charge on any atom is -0.383 e. The number of amides is 1. The predicted molar refractivity (Wildman–Crippen MR) is 107 cm³/mol. The van der Waals surface area contributed by atoms with Crippen molar-refractivity contribution in [3.8, 4) is 0 Å². The number of anilines is 2. The van der Waals surface area contributed by atoms with E-state index < -0.39 is 22.0 Å². The number of benzene rings is 1. The molecular weight excluding hydrogens is 368 g/mol. The number of aromatic amines is 1. The maximum Gasteiger partial charge on any atom is 0.329 e. The fourth-order valence-corrected chi connectivity index (χ4v) is 3.10. The van der Waals surface area contributed by atoms with E-state index in [1.54, 1.807) is 6.08 Å². The number of H-pyrrole nitrogens is 1. The molecule has 8 heteroatoms. The Morgan fingerprint density at radius 1 is 1.33 bits per heavy atom. The number of alkyl halides is 1. The van der Waals surface area contributed by atoms with Gasteiger partial charge < -0.3 is 11.1 Å². The lowest BCUT2D eigenvalue weighted by atomic mass is 9.90. The molecule has 0 bridgehead atoms. The number of nitrogens with zero attached hydrogens (tertiary/aromatic N) is 1. The van der Waals surface area contributed by atoms with Crippen LogP contribution in [0.3, 0.4) is 0 Å². The molecule has 1 aliphatic carbocycles. The third-order valence-corrected chi connectivity index (χ3v) is 4.80.